The lowest BCUT2D eigenvalue weighted by atomic mass is 10.1. The highest BCUT2D eigenvalue weighted by atomic mass is 32.2. The molecule has 0 fully saturated rings. The van der Waals surface area contributed by atoms with Crippen molar-refractivity contribution >= 4 is 17.7 Å². The fourth-order valence-corrected chi connectivity index (χ4v) is 2.56. The number of rotatable bonds is 7. The van der Waals surface area contributed by atoms with Gasteiger partial charge in [0.1, 0.15) is 11.6 Å². The van der Waals surface area contributed by atoms with Gasteiger partial charge in [0.05, 0.1) is 13.0 Å². The number of aliphatic carboxylic acids is 1. The minimum absolute atomic E-state index is 0.0266. The zero-order valence-corrected chi connectivity index (χ0v) is 12.1. The Hall–Kier alpha value is -2.01. The molecule has 0 aliphatic heterocycles. The molecule has 0 saturated carbocycles. The zero-order valence-electron chi connectivity index (χ0n) is 11.3. The van der Waals surface area contributed by atoms with Gasteiger partial charge in [-0.2, -0.15) is 0 Å². The van der Waals surface area contributed by atoms with Crippen LogP contribution in [0.5, 0.6) is 5.75 Å². The van der Waals surface area contributed by atoms with Crippen LogP contribution < -0.4 is 4.74 Å². The minimum Gasteiger partial charge on any atom is -0.493 e. The molecule has 2 rings (SSSR count). The Kier molecular flexibility index (Phi) is 5.63. The molecule has 0 aromatic heterocycles. The van der Waals surface area contributed by atoms with Gasteiger partial charge < -0.3 is 9.84 Å². The number of carbonyl (C=O) groups is 1. The summed E-state index contributed by atoms with van der Waals surface area (Å²) in [6.45, 7) is 0.426. The monoisotopic (exact) mass is 306 g/mol. The molecular weight excluding hydrogens is 291 g/mol. The van der Waals surface area contributed by atoms with E-state index < -0.39 is 5.97 Å². The van der Waals surface area contributed by atoms with Crippen LogP contribution in [0.4, 0.5) is 4.39 Å². The van der Waals surface area contributed by atoms with Gasteiger partial charge in [-0.3, -0.25) is 4.79 Å². The second-order valence-corrected chi connectivity index (χ2v) is 5.48. The van der Waals surface area contributed by atoms with E-state index in [9.17, 15) is 9.18 Å². The van der Waals surface area contributed by atoms with Crippen LogP contribution in [0.15, 0.2) is 53.4 Å². The normalized spacial score (nSPS) is 10.3. The second kappa shape index (κ2) is 7.69. The molecule has 0 unspecified atom stereocenters. The lowest BCUT2D eigenvalue weighted by molar-refractivity contribution is -0.136. The van der Waals surface area contributed by atoms with E-state index in [-0.39, 0.29) is 12.2 Å². The summed E-state index contributed by atoms with van der Waals surface area (Å²) in [6, 6.07) is 13.6. The molecule has 5 heteroatoms. The van der Waals surface area contributed by atoms with E-state index in [1.807, 2.05) is 0 Å². The highest BCUT2D eigenvalue weighted by Crippen LogP contribution is 2.21. The van der Waals surface area contributed by atoms with Gasteiger partial charge >= 0.3 is 5.97 Å². The van der Waals surface area contributed by atoms with E-state index in [1.54, 1.807) is 42.5 Å². The smallest absolute Gasteiger partial charge is 0.307 e. The Morgan fingerprint density at radius 2 is 2.00 bits per heavy atom. The summed E-state index contributed by atoms with van der Waals surface area (Å²) < 4.78 is 19.0. The number of carboxylic acids is 1. The maximum atomic E-state index is 13.4. The lowest BCUT2D eigenvalue weighted by Gasteiger charge is -2.07. The molecule has 3 nitrogen and oxygen atoms in total. The van der Waals surface area contributed by atoms with Gasteiger partial charge in [-0.15, -0.1) is 11.8 Å². The molecule has 21 heavy (non-hydrogen) atoms. The van der Waals surface area contributed by atoms with Gasteiger partial charge in [0.15, 0.2) is 0 Å². The third-order valence-corrected chi connectivity index (χ3v) is 3.71. The molecular formula is C16H15FO3S. The number of benzene rings is 2. The maximum absolute atomic E-state index is 13.4. The number of carboxylic acid groups (broad SMARTS) is 1. The third kappa shape index (κ3) is 5.11. The molecule has 0 saturated heterocycles. The van der Waals surface area contributed by atoms with Crippen molar-refractivity contribution in [2.24, 2.45) is 0 Å². The second-order valence-electron chi connectivity index (χ2n) is 4.35. The van der Waals surface area contributed by atoms with Gasteiger partial charge in [0.25, 0.3) is 0 Å². The summed E-state index contributed by atoms with van der Waals surface area (Å²) in [5, 5.41) is 8.74. The lowest BCUT2D eigenvalue weighted by Crippen LogP contribution is -2.03. The Balaban J connectivity index is 1.81. The molecule has 0 atom stereocenters. The topological polar surface area (TPSA) is 46.5 Å². The summed E-state index contributed by atoms with van der Waals surface area (Å²) in [7, 11) is 0. The predicted molar refractivity (Wildman–Crippen MR) is 80.4 cm³/mol. The Labute approximate surface area is 126 Å². The molecule has 1 N–H and O–H groups in total. The number of hydrogen-bond donors (Lipinski definition) is 1. The predicted octanol–water partition coefficient (Wildman–Crippen LogP) is 3.62. The van der Waals surface area contributed by atoms with Crippen LogP contribution in [-0.2, 0) is 11.2 Å². The van der Waals surface area contributed by atoms with E-state index in [0.29, 0.717) is 28.6 Å². The van der Waals surface area contributed by atoms with Crippen LogP contribution >= 0.6 is 11.8 Å². The molecule has 0 spiro atoms. The van der Waals surface area contributed by atoms with Crippen molar-refractivity contribution in [3.63, 3.8) is 0 Å². The van der Waals surface area contributed by atoms with E-state index >= 15 is 0 Å². The average molecular weight is 306 g/mol. The molecule has 2 aromatic rings. The third-order valence-electron chi connectivity index (χ3n) is 2.70. The Morgan fingerprint density at radius 1 is 1.19 bits per heavy atom. The zero-order chi connectivity index (χ0) is 15.1. The summed E-state index contributed by atoms with van der Waals surface area (Å²) in [6.07, 6.45) is -0.0266. The molecule has 0 amide bonds. The standard InChI is InChI=1S/C16H15FO3S/c17-14-6-1-2-7-15(14)21-9-8-20-13-5-3-4-12(10-13)11-16(18)19/h1-7,10H,8-9,11H2,(H,18,19). The van der Waals surface area contributed by atoms with E-state index in [1.165, 1.54) is 17.8 Å². The molecule has 0 aliphatic rings. The number of hydrogen-bond acceptors (Lipinski definition) is 3. The van der Waals surface area contributed by atoms with Crippen molar-refractivity contribution in [2.75, 3.05) is 12.4 Å². The molecule has 2 aromatic carbocycles. The van der Waals surface area contributed by atoms with Crippen molar-refractivity contribution in [1.29, 1.82) is 0 Å². The van der Waals surface area contributed by atoms with Crippen LogP contribution in [0.25, 0.3) is 0 Å². The Morgan fingerprint density at radius 3 is 2.76 bits per heavy atom. The minimum atomic E-state index is -0.873. The van der Waals surface area contributed by atoms with Crippen LogP contribution in [0.3, 0.4) is 0 Å². The first kappa shape index (κ1) is 15.4. The molecule has 0 aliphatic carbocycles. The van der Waals surface area contributed by atoms with Crippen molar-refractivity contribution < 1.29 is 19.0 Å². The number of ether oxygens (including phenoxy) is 1. The summed E-state index contributed by atoms with van der Waals surface area (Å²) in [4.78, 5) is 11.2. The SMILES string of the molecule is O=C(O)Cc1cccc(OCCSc2ccccc2F)c1. The van der Waals surface area contributed by atoms with E-state index in [4.69, 9.17) is 9.84 Å². The van der Waals surface area contributed by atoms with Crippen molar-refractivity contribution in [2.45, 2.75) is 11.3 Å². The fourth-order valence-electron chi connectivity index (χ4n) is 1.79. The first-order valence-corrected chi connectivity index (χ1v) is 7.44. The largest absolute Gasteiger partial charge is 0.493 e. The van der Waals surface area contributed by atoms with E-state index in [0.717, 1.165) is 0 Å². The van der Waals surface area contributed by atoms with Crippen molar-refractivity contribution in [3.05, 3.63) is 59.9 Å². The summed E-state index contributed by atoms with van der Waals surface area (Å²) in [5.74, 6) is 0.139. The highest BCUT2D eigenvalue weighted by Gasteiger charge is 2.03. The molecule has 0 heterocycles. The molecule has 110 valence electrons. The Bertz CT molecular complexity index is 616. The van der Waals surface area contributed by atoms with Gasteiger partial charge in [0, 0.05) is 10.6 Å². The van der Waals surface area contributed by atoms with Crippen molar-refractivity contribution in [1.82, 2.24) is 0 Å². The van der Waals surface area contributed by atoms with Crippen LogP contribution in [0.1, 0.15) is 5.56 Å². The van der Waals surface area contributed by atoms with Crippen LogP contribution in [-0.4, -0.2) is 23.4 Å². The van der Waals surface area contributed by atoms with Crippen LogP contribution in [0, 0.1) is 5.82 Å². The summed E-state index contributed by atoms with van der Waals surface area (Å²) in [5.41, 5.74) is 0.696. The maximum Gasteiger partial charge on any atom is 0.307 e. The summed E-state index contributed by atoms with van der Waals surface area (Å²) >= 11 is 1.39. The number of thioether (sulfide) groups is 1. The molecule has 0 radical (unpaired) electrons. The fraction of sp³-hybridized carbons (Fsp3) is 0.188. The van der Waals surface area contributed by atoms with Gasteiger partial charge in [-0.25, -0.2) is 4.39 Å². The number of halogens is 1. The van der Waals surface area contributed by atoms with Crippen LogP contribution in [0.2, 0.25) is 0 Å². The van der Waals surface area contributed by atoms with Crippen molar-refractivity contribution in [3.8, 4) is 5.75 Å². The van der Waals surface area contributed by atoms with Gasteiger partial charge in [0.2, 0.25) is 0 Å². The quantitative estimate of drug-likeness (QED) is 0.627. The van der Waals surface area contributed by atoms with Gasteiger partial charge in [-0.05, 0) is 29.8 Å². The highest BCUT2D eigenvalue weighted by molar-refractivity contribution is 7.99. The molecule has 0 bridgehead atoms. The average Bonchev–Trinajstić information content (AvgIpc) is 2.45. The first-order chi connectivity index (χ1) is 10.1. The van der Waals surface area contributed by atoms with Gasteiger partial charge in [-0.1, -0.05) is 24.3 Å². The van der Waals surface area contributed by atoms with E-state index in [2.05, 4.69) is 0 Å². The first-order valence-electron chi connectivity index (χ1n) is 6.46.